The van der Waals surface area contributed by atoms with E-state index in [1.165, 1.54) is 0 Å². The maximum atomic E-state index is 12.5. The van der Waals surface area contributed by atoms with E-state index in [2.05, 4.69) is 11.2 Å². The summed E-state index contributed by atoms with van der Waals surface area (Å²) in [6.07, 6.45) is 0.0205. The van der Waals surface area contributed by atoms with E-state index in [0.717, 1.165) is 0 Å². The van der Waals surface area contributed by atoms with Crippen molar-refractivity contribution in [3.05, 3.63) is 35.9 Å². The van der Waals surface area contributed by atoms with Crippen molar-refractivity contribution in [3.63, 3.8) is 0 Å². The Bertz CT molecular complexity index is 378. The van der Waals surface area contributed by atoms with Crippen molar-refractivity contribution >= 4 is 0 Å². The number of nitrogens with one attached hydrogen (secondary N) is 1. The van der Waals surface area contributed by atoms with Gasteiger partial charge in [0, 0.05) is 6.04 Å². The van der Waals surface area contributed by atoms with E-state index in [1.54, 1.807) is 37.3 Å². The highest BCUT2D eigenvalue weighted by molar-refractivity contribution is 5.20. The van der Waals surface area contributed by atoms with Crippen molar-refractivity contribution in [1.29, 1.82) is 0 Å². The summed E-state index contributed by atoms with van der Waals surface area (Å²) in [5.74, 6) is 2.37. The van der Waals surface area contributed by atoms with Gasteiger partial charge in [0.25, 0.3) is 0 Å². The van der Waals surface area contributed by atoms with Crippen LogP contribution < -0.4 is 5.32 Å². The molecule has 4 heteroatoms. The molecular weight excluding hydrogens is 227 g/mol. The van der Waals surface area contributed by atoms with Gasteiger partial charge in [0.15, 0.2) is 0 Å². The number of hydrogen-bond acceptors (Lipinski definition) is 1. The quantitative estimate of drug-likeness (QED) is 0.797. The summed E-state index contributed by atoms with van der Waals surface area (Å²) in [5.41, 5.74) is 0.590. The van der Waals surface area contributed by atoms with Gasteiger partial charge in [0.2, 0.25) is 0 Å². The Morgan fingerprint density at radius 2 is 1.88 bits per heavy atom. The normalized spacial score (nSPS) is 15.0. The van der Waals surface area contributed by atoms with Crippen LogP contribution in [0.3, 0.4) is 0 Å². The third kappa shape index (κ3) is 4.92. The first kappa shape index (κ1) is 13.6. The van der Waals surface area contributed by atoms with Crippen LogP contribution >= 0.6 is 0 Å². The first-order chi connectivity index (χ1) is 7.92. The zero-order valence-electron chi connectivity index (χ0n) is 9.46. The fourth-order valence-corrected chi connectivity index (χ4v) is 1.54. The molecule has 0 heterocycles. The van der Waals surface area contributed by atoms with E-state index in [1.807, 2.05) is 0 Å². The SMILES string of the molecule is C#CC(C)NC(CC(F)(F)F)c1ccccc1. The van der Waals surface area contributed by atoms with Gasteiger partial charge < -0.3 is 0 Å². The van der Waals surface area contributed by atoms with Gasteiger partial charge in [-0.05, 0) is 12.5 Å². The molecule has 0 amide bonds. The maximum Gasteiger partial charge on any atom is 0.390 e. The van der Waals surface area contributed by atoms with E-state index in [9.17, 15) is 13.2 Å². The Labute approximate surface area is 99.0 Å². The summed E-state index contributed by atoms with van der Waals surface area (Å²) < 4.78 is 37.4. The van der Waals surface area contributed by atoms with Gasteiger partial charge in [-0.3, -0.25) is 5.32 Å². The van der Waals surface area contributed by atoms with Crippen LogP contribution in [-0.2, 0) is 0 Å². The van der Waals surface area contributed by atoms with Crippen LogP contribution in [0, 0.1) is 12.3 Å². The molecule has 1 nitrogen and oxygen atoms in total. The Balaban J connectivity index is 2.84. The Morgan fingerprint density at radius 3 is 2.35 bits per heavy atom. The van der Waals surface area contributed by atoms with Crippen molar-refractivity contribution in [3.8, 4) is 12.3 Å². The van der Waals surface area contributed by atoms with Gasteiger partial charge in [-0.1, -0.05) is 36.3 Å². The molecule has 0 bridgehead atoms. The summed E-state index contributed by atoms with van der Waals surface area (Å²) in [6, 6.07) is 7.30. The fraction of sp³-hybridized carbons (Fsp3) is 0.385. The second-order valence-electron chi connectivity index (χ2n) is 3.84. The van der Waals surface area contributed by atoms with Crippen LogP contribution in [0.15, 0.2) is 30.3 Å². The fourth-order valence-electron chi connectivity index (χ4n) is 1.54. The third-order valence-electron chi connectivity index (χ3n) is 2.34. The molecule has 92 valence electrons. The molecule has 2 unspecified atom stereocenters. The zero-order valence-corrected chi connectivity index (χ0v) is 9.46. The minimum Gasteiger partial charge on any atom is -0.297 e. The van der Waals surface area contributed by atoms with E-state index < -0.39 is 24.7 Å². The summed E-state index contributed by atoms with van der Waals surface area (Å²) in [4.78, 5) is 0. The molecule has 0 aliphatic carbocycles. The Kier molecular flexibility index (Phi) is 4.59. The number of rotatable bonds is 4. The first-order valence-corrected chi connectivity index (χ1v) is 5.26. The van der Waals surface area contributed by atoms with E-state index in [0.29, 0.717) is 5.56 Å². The lowest BCUT2D eigenvalue weighted by Crippen LogP contribution is -2.32. The molecule has 0 aliphatic heterocycles. The lowest BCUT2D eigenvalue weighted by atomic mass is 10.0. The molecule has 1 N–H and O–H groups in total. The Hall–Kier alpha value is -1.47. The molecule has 0 saturated heterocycles. The third-order valence-corrected chi connectivity index (χ3v) is 2.34. The number of hydrogen-bond donors (Lipinski definition) is 1. The van der Waals surface area contributed by atoms with Crippen molar-refractivity contribution in [2.24, 2.45) is 0 Å². The van der Waals surface area contributed by atoms with Crippen LogP contribution in [0.4, 0.5) is 13.2 Å². The Morgan fingerprint density at radius 1 is 1.29 bits per heavy atom. The highest BCUT2D eigenvalue weighted by Crippen LogP contribution is 2.29. The minimum absolute atomic E-state index is 0.400. The van der Waals surface area contributed by atoms with Crippen LogP contribution in [0.1, 0.15) is 24.9 Å². The van der Waals surface area contributed by atoms with Crippen molar-refractivity contribution < 1.29 is 13.2 Å². The van der Waals surface area contributed by atoms with Crippen LogP contribution in [0.5, 0.6) is 0 Å². The molecule has 2 atom stereocenters. The van der Waals surface area contributed by atoms with Gasteiger partial charge in [-0.2, -0.15) is 13.2 Å². The number of alkyl halides is 3. The molecule has 1 aromatic carbocycles. The molecular formula is C13H14F3N. The second-order valence-corrected chi connectivity index (χ2v) is 3.84. The maximum absolute atomic E-state index is 12.5. The lowest BCUT2D eigenvalue weighted by molar-refractivity contribution is -0.140. The van der Waals surface area contributed by atoms with Gasteiger partial charge in [-0.15, -0.1) is 6.42 Å². The topological polar surface area (TPSA) is 12.0 Å². The van der Waals surface area contributed by atoms with Crippen LogP contribution in [0.2, 0.25) is 0 Å². The molecule has 0 spiro atoms. The molecule has 0 aromatic heterocycles. The van der Waals surface area contributed by atoms with Crippen molar-refractivity contribution in [2.75, 3.05) is 0 Å². The van der Waals surface area contributed by atoms with Crippen molar-refractivity contribution in [1.82, 2.24) is 5.32 Å². The lowest BCUT2D eigenvalue weighted by Gasteiger charge is -2.22. The second kappa shape index (κ2) is 5.74. The molecule has 1 aromatic rings. The summed E-state index contributed by atoms with van der Waals surface area (Å²) >= 11 is 0. The average Bonchev–Trinajstić information content (AvgIpc) is 2.27. The minimum atomic E-state index is -4.22. The van der Waals surface area contributed by atoms with Gasteiger partial charge in [0.1, 0.15) is 0 Å². The number of terminal acetylenes is 1. The molecule has 1 rings (SSSR count). The van der Waals surface area contributed by atoms with Crippen LogP contribution in [0.25, 0.3) is 0 Å². The van der Waals surface area contributed by atoms with E-state index >= 15 is 0 Å². The van der Waals surface area contributed by atoms with Gasteiger partial charge in [-0.25, -0.2) is 0 Å². The molecule has 0 aliphatic rings. The summed E-state index contributed by atoms with van der Waals surface area (Å²) in [7, 11) is 0. The molecule has 0 radical (unpaired) electrons. The van der Waals surface area contributed by atoms with E-state index in [-0.39, 0.29) is 0 Å². The van der Waals surface area contributed by atoms with Crippen LogP contribution in [-0.4, -0.2) is 12.2 Å². The van der Waals surface area contributed by atoms with Gasteiger partial charge in [0.05, 0.1) is 12.5 Å². The zero-order chi connectivity index (χ0) is 12.9. The summed E-state index contributed by atoms with van der Waals surface area (Å²) in [5, 5.41) is 2.78. The average molecular weight is 241 g/mol. The molecule has 0 saturated carbocycles. The standard InChI is InChI=1S/C13H14F3N/c1-3-10(2)17-12(9-13(14,15)16)11-7-5-4-6-8-11/h1,4-8,10,12,17H,9H2,2H3. The predicted octanol–water partition coefficient (Wildman–Crippen LogP) is 3.29. The highest BCUT2D eigenvalue weighted by Gasteiger charge is 2.32. The highest BCUT2D eigenvalue weighted by atomic mass is 19.4. The predicted molar refractivity (Wildman–Crippen MR) is 61.3 cm³/mol. The monoisotopic (exact) mass is 241 g/mol. The largest absolute Gasteiger partial charge is 0.390 e. The van der Waals surface area contributed by atoms with Crippen molar-refractivity contribution in [2.45, 2.75) is 31.6 Å². The number of benzene rings is 1. The molecule has 17 heavy (non-hydrogen) atoms. The first-order valence-electron chi connectivity index (χ1n) is 5.26. The van der Waals surface area contributed by atoms with E-state index in [4.69, 9.17) is 6.42 Å². The summed E-state index contributed by atoms with van der Waals surface area (Å²) in [6.45, 7) is 1.66. The number of halogens is 3. The molecule has 0 fully saturated rings. The van der Waals surface area contributed by atoms with Gasteiger partial charge >= 0.3 is 6.18 Å². The smallest absolute Gasteiger partial charge is 0.297 e.